The Morgan fingerprint density at radius 1 is 1.18 bits per heavy atom. The van der Waals surface area contributed by atoms with Gasteiger partial charge in [0, 0.05) is 37.4 Å². The average molecular weight is 404 g/mol. The molecular weight excluding hydrogens is 380 g/mol. The summed E-state index contributed by atoms with van der Waals surface area (Å²) in [6.07, 6.45) is 6.96. The Kier molecular flexibility index (Phi) is 8.41. The molecule has 1 aliphatic heterocycles. The number of carbonyl (C=O) groups is 2. The maximum Gasteiger partial charge on any atom is 0.414 e. The molecule has 3 rings (SSSR count). The van der Waals surface area contributed by atoms with E-state index >= 15 is 0 Å². The van der Waals surface area contributed by atoms with Gasteiger partial charge in [-0.1, -0.05) is 30.3 Å². The topological polar surface area (TPSA) is 119 Å². The molecule has 1 fully saturated rings. The summed E-state index contributed by atoms with van der Waals surface area (Å²) >= 11 is 5.52. The van der Waals surface area contributed by atoms with Crippen LogP contribution in [0.3, 0.4) is 0 Å². The number of imidazole rings is 1. The molecule has 2 aromatic rings. The molecule has 0 spiro atoms. The van der Waals surface area contributed by atoms with Crippen molar-refractivity contribution < 1.29 is 19.8 Å². The highest BCUT2D eigenvalue weighted by Gasteiger charge is 2.22. The van der Waals surface area contributed by atoms with Crippen LogP contribution in [0.1, 0.15) is 30.0 Å². The number of nitrogens with one attached hydrogen (secondary N) is 2. The molecule has 1 aliphatic rings. The molecule has 9 heteroatoms. The second kappa shape index (κ2) is 11.0. The molecule has 0 aliphatic carbocycles. The SMILES string of the molecule is O=C(O)C(=O)O.S=C(NCCc1ccccc1)N1CCC(c2cnc[nH]2)CC1. The van der Waals surface area contributed by atoms with Crippen molar-refractivity contribution in [2.24, 2.45) is 0 Å². The van der Waals surface area contributed by atoms with E-state index in [9.17, 15) is 0 Å². The smallest absolute Gasteiger partial charge is 0.414 e. The maximum atomic E-state index is 9.10. The van der Waals surface area contributed by atoms with Crippen LogP contribution in [0.25, 0.3) is 0 Å². The second-order valence-corrected chi connectivity index (χ2v) is 6.73. The Morgan fingerprint density at radius 3 is 2.36 bits per heavy atom. The number of H-pyrrole nitrogens is 1. The summed E-state index contributed by atoms with van der Waals surface area (Å²) in [5.41, 5.74) is 2.60. The van der Waals surface area contributed by atoms with E-state index in [0.29, 0.717) is 5.92 Å². The molecule has 0 radical (unpaired) electrons. The number of likely N-dealkylation sites (tertiary alicyclic amines) is 1. The molecule has 8 nitrogen and oxygen atoms in total. The predicted molar refractivity (Wildman–Crippen MR) is 108 cm³/mol. The summed E-state index contributed by atoms with van der Waals surface area (Å²) in [7, 11) is 0. The molecular formula is C19H24N4O4S. The van der Waals surface area contributed by atoms with Crippen LogP contribution in [-0.2, 0) is 16.0 Å². The van der Waals surface area contributed by atoms with Crippen LogP contribution in [0.2, 0.25) is 0 Å². The van der Waals surface area contributed by atoms with Crippen LogP contribution < -0.4 is 5.32 Å². The van der Waals surface area contributed by atoms with Gasteiger partial charge < -0.3 is 25.4 Å². The first kappa shape index (κ1) is 21.4. The lowest BCUT2D eigenvalue weighted by Gasteiger charge is -2.33. The van der Waals surface area contributed by atoms with Crippen molar-refractivity contribution in [1.29, 1.82) is 0 Å². The number of carboxylic acid groups (broad SMARTS) is 2. The van der Waals surface area contributed by atoms with Crippen LogP contribution >= 0.6 is 12.2 Å². The molecule has 150 valence electrons. The van der Waals surface area contributed by atoms with Crippen LogP contribution in [0.15, 0.2) is 42.9 Å². The molecule has 28 heavy (non-hydrogen) atoms. The monoisotopic (exact) mass is 404 g/mol. The van der Waals surface area contributed by atoms with E-state index in [1.165, 1.54) is 11.3 Å². The first-order valence-electron chi connectivity index (χ1n) is 8.98. The number of hydrogen-bond donors (Lipinski definition) is 4. The number of thiocarbonyl (C=S) groups is 1. The van der Waals surface area contributed by atoms with Gasteiger partial charge in [-0.15, -0.1) is 0 Å². The molecule has 1 saturated heterocycles. The first-order chi connectivity index (χ1) is 13.5. The molecule has 0 atom stereocenters. The summed E-state index contributed by atoms with van der Waals surface area (Å²) in [4.78, 5) is 27.8. The van der Waals surface area contributed by atoms with Crippen molar-refractivity contribution in [2.45, 2.75) is 25.2 Å². The van der Waals surface area contributed by atoms with Crippen LogP contribution in [-0.4, -0.2) is 61.8 Å². The van der Waals surface area contributed by atoms with Gasteiger partial charge in [0.1, 0.15) is 0 Å². The summed E-state index contributed by atoms with van der Waals surface area (Å²) in [6.45, 7) is 2.92. The number of hydrogen-bond acceptors (Lipinski definition) is 4. The van der Waals surface area contributed by atoms with Gasteiger partial charge in [0.2, 0.25) is 0 Å². The lowest BCUT2D eigenvalue weighted by molar-refractivity contribution is -0.159. The van der Waals surface area contributed by atoms with Gasteiger partial charge >= 0.3 is 11.9 Å². The molecule has 2 heterocycles. The minimum atomic E-state index is -1.82. The predicted octanol–water partition coefficient (Wildman–Crippen LogP) is 1.86. The minimum Gasteiger partial charge on any atom is -0.473 e. The Morgan fingerprint density at radius 2 is 1.82 bits per heavy atom. The highest BCUT2D eigenvalue weighted by atomic mass is 32.1. The number of aromatic nitrogens is 2. The lowest BCUT2D eigenvalue weighted by atomic mass is 9.94. The Balaban J connectivity index is 0.000000409. The maximum absolute atomic E-state index is 9.10. The average Bonchev–Trinajstić information content (AvgIpc) is 3.24. The van der Waals surface area contributed by atoms with Crippen molar-refractivity contribution in [1.82, 2.24) is 20.2 Å². The third-order valence-electron chi connectivity index (χ3n) is 4.46. The highest BCUT2D eigenvalue weighted by molar-refractivity contribution is 7.80. The third kappa shape index (κ3) is 6.99. The summed E-state index contributed by atoms with van der Waals surface area (Å²) in [5, 5.41) is 19.1. The Hall–Kier alpha value is -2.94. The fourth-order valence-corrected chi connectivity index (χ4v) is 3.24. The van der Waals surface area contributed by atoms with Crippen molar-refractivity contribution in [2.75, 3.05) is 19.6 Å². The van der Waals surface area contributed by atoms with Gasteiger partial charge in [-0.2, -0.15) is 0 Å². The van der Waals surface area contributed by atoms with Crippen LogP contribution in [0.5, 0.6) is 0 Å². The Labute approximate surface area is 168 Å². The van der Waals surface area contributed by atoms with E-state index in [2.05, 4.69) is 44.5 Å². The summed E-state index contributed by atoms with van der Waals surface area (Å²) in [6, 6.07) is 10.5. The number of nitrogens with zero attached hydrogens (tertiary/aromatic N) is 2. The lowest BCUT2D eigenvalue weighted by Crippen LogP contribution is -2.44. The Bertz CT molecular complexity index is 748. The second-order valence-electron chi connectivity index (χ2n) is 6.35. The van der Waals surface area contributed by atoms with E-state index in [1.807, 2.05) is 12.3 Å². The van der Waals surface area contributed by atoms with E-state index in [0.717, 1.165) is 44.0 Å². The minimum absolute atomic E-state index is 0.589. The van der Waals surface area contributed by atoms with Gasteiger partial charge in [-0.05, 0) is 37.0 Å². The van der Waals surface area contributed by atoms with Gasteiger partial charge in [0.05, 0.1) is 6.33 Å². The molecule has 0 saturated carbocycles. The van der Waals surface area contributed by atoms with Crippen molar-refractivity contribution in [3.8, 4) is 0 Å². The van der Waals surface area contributed by atoms with Gasteiger partial charge in [0.25, 0.3) is 0 Å². The van der Waals surface area contributed by atoms with E-state index < -0.39 is 11.9 Å². The van der Waals surface area contributed by atoms with E-state index in [1.54, 1.807) is 6.33 Å². The van der Waals surface area contributed by atoms with Gasteiger partial charge in [0.15, 0.2) is 5.11 Å². The number of piperidine rings is 1. The summed E-state index contributed by atoms with van der Waals surface area (Å²) < 4.78 is 0. The molecule has 1 aromatic carbocycles. The molecule has 0 amide bonds. The number of rotatable bonds is 4. The van der Waals surface area contributed by atoms with Gasteiger partial charge in [-0.3, -0.25) is 0 Å². The van der Waals surface area contributed by atoms with Crippen LogP contribution in [0, 0.1) is 0 Å². The van der Waals surface area contributed by atoms with Crippen LogP contribution in [0.4, 0.5) is 0 Å². The number of aliphatic carboxylic acids is 2. The normalized spacial score (nSPS) is 13.9. The largest absolute Gasteiger partial charge is 0.473 e. The van der Waals surface area contributed by atoms with Crippen molar-refractivity contribution in [3.05, 3.63) is 54.1 Å². The zero-order valence-corrected chi connectivity index (χ0v) is 16.2. The molecule has 0 unspecified atom stereocenters. The number of carboxylic acids is 2. The number of benzene rings is 1. The zero-order chi connectivity index (χ0) is 20.4. The fourth-order valence-electron chi connectivity index (χ4n) is 2.95. The highest BCUT2D eigenvalue weighted by Crippen LogP contribution is 2.26. The standard InChI is InChI=1S/C17H22N4S.C2H2O4/c22-17(19-9-6-14-4-2-1-3-5-14)21-10-7-15(8-11-21)16-12-18-13-20-16;3-1(4)2(5)6/h1-5,12-13,15H,6-11H2,(H,18,20)(H,19,22);(H,3,4)(H,5,6). The fraction of sp³-hybridized carbons (Fsp3) is 0.368. The third-order valence-corrected chi connectivity index (χ3v) is 4.86. The van der Waals surface area contributed by atoms with E-state index in [-0.39, 0.29) is 0 Å². The molecule has 0 bridgehead atoms. The van der Waals surface area contributed by atoms with Crippen molar-refractivity contribution in [3.63, 3.8) is 0 Å². The molecule has 1 aromatic heterocycles. The first-order valence-corrected chi connectivity index (χ1v) is 9.39. The quantitative estimate of drug-likeness (QED) is 0.450. The van der Waals surface area contributed by atoms with Gasteiger partial charge in [-0.25, -0.2) is 14.6 Å². The number of aromatic amines is 1. The van der Waals surface area contributed by atoms with Crippen molar-refractivity contribution >= 4 is 29.3 Å². The van der Waals surface area contributed by atoms with E-state index in [4.69, 9.17) is 32.0 Å². The summed E-state index contributed by atoms with van der Waals surface area (Å²) in [5.74, 6) is -3.06. The zero-order valence-electron chi connectivity index (χ0n) is 15.4. The molecule has 4 N–H and O–H groups in total.